The SMILES string of the molecule is C1Cc2noc(C3CC3)c2CN1. The summed E-state index contributed by atoms with van der Waals surface area (Å²) in [5.41, 5.74) is 2.54. The molecular formula is C9H12N2O. The van der Waals surface area contributed by atoms with Crippen LogP contribution in [0.4, 0.5) is 0 Å². The molecule has 1 aromatic rings. The van der Waals surface area contributed by atoms with E-state index in [1.807, 2.05) is 0 Å². The summed E-state index contributed by atoms with van der Waals surface area (Å²) in [7, 11) is 0. The minimum Gasteiger partial charge on any atom is -0.360 e. The molecule has 0 spiro atoms. The molecule has 3 nitrogen and oxygen atoms in total. The molecule has 0 radical (unpaired) electrons. The van der Waals surface area contributed by atoms with Crippen molar-refractivity contribution in [3.63, 3.8) is 0 Å². The van der Waals surface area contributed by atoms with Gasteiger partial charge in [0.05, 0.1) is 5.69 Å². The van der Waals surface area contributed by atoms with E-state index in [2.05, 4.69) is 10.5 Å². The highest BCUT2D eigenvalue weighted by atomic mass is 16.5. The Morgan fingerprint density at radius 2 is 2.33 bits per heavy atom. The van der Waals surface area contributed by atoms with Crippen molar-refractivity contribution in [3.8, 4) is 0 Å². The predicted molar refractivity (Wildman–Crippen MR) is 43.9 cm³/mol. The molecule has 3 heteroatoms. The minimum absolute atomic E-state index is 0.696. The smallest absolute Gasteiger partial charge is 0.144 e. The molecule has 2 aliphatic rings. The molecule has 0 atom stereocenters. The Kier molecular flexibility index (Phi) is 1.29. The van der Waals surface area contributed by atoms with Gasteiger partial charge in [0.1, 0.15) is 5.76 Å². The minimum atomic E-state index is 0.696. The first-order valence-corrected chi connectivity index (χ1v) is 4.63. The van der Waals surface area contributed by atoms with Crippen LogP contribution in [0.25, 0.3) is 0 Å². The van der Waals surface area contributed by atoms with E-state index >= 15 is 0 Å². The molecule has 1 N–H and O–H groups in total. The van der Waals surface area contributed by atoms with E-state index in [4.69, 9.17) is 4.52 Å². The summed E-state index contributed by atoms with van der Waals surface area (Å²) in [6.07, 6.45) is 3.62. The molecule has 0 amide bonds. The second-order valence-corrected chi connectivity index (χ2v) is 3.67. The van der Waals surface area contributed by atoms with Crippen molar-refractivity contribution in [2.24, 2.45) is 0 Å². The highest BCUT2D eigenvalue weighted by molar-refractivity contribution is 5.29. The highest BCUT2D eigenvalue weighted by Crippen LogP contribution is 2.42. The molecule has 0 bridgehead atoms. The fourth-order valence-electron chi connectivity index (χ4n) is 1.83. The van der Waals surface area contributed by atoms with Crippen molar-refractivity contribution in [2.45, 2.75) is 31.7 Å². The van der Waals surface area contributed by atoms with Gasteiger partial charge in [-0.1, -0.05) is 5.16 Å². The van der Waals surface area contributed by atoms with Gasteiger partial charge in [-0.25, -0.2) is 0 Å². The zero-order valence-electron chi connectivity index (χ0n) is 6.97. The van der Waals surface area contributed by atoms with Gasteiger partial charge < -0.3 is 9.84 Å². The zero-order valence-corrected chi connectivity index (χ0v) is 6.97. The monoisotopic (exact) mass is 164 g/mol. The lowest BCUT2D eigenvalue weighted by molar-refractivity contribution is 0.378. The third kappa shape index (κ3) is 0.894. The second kappa shape index (κ2) is 2.33. The molecule has 1 aliphatic heterocycles. The normalized spacial score (nSPS) is 22.3. The first-order valence-electron chi connectivity index (χ1n) is 4.63. The number of nitrogens with zero attached hydrogens (tertiary/aromatic N) is 1. The van der Waals surface area contributed by atoms with Crippen molar-refractivity contribution in [3.05, 3.63) is 17.0 Å². The van der Waals surface area contributed by atoms with Crippen LogP contribution < -0.4 is 5.32 Å². The molecule has 3 rings (SSSR count). The van der Waals surface area contributed by atoms with E-state index in [0.29, 0.717) is 5.92 Å². The van der Waals surface area contributed by atoms with Gasteiger partial charge in [-0.3, -0.25) is 0 Å². The molecule has 0 unspecified atom stereocenters. The summed E-state index contributed by atoms with van der Waals surface area (Å²) in [6.45, 7) is 2.01. The lowest BCUT2D eigenvalue weighted by Crippen LogP contribution is -2.23. The van der Waals surface area contributed by atoms with Crippen LogP contribution >= 0.6 is 0 Å². The number of hydrogen-bond acceptors (Lipinski definition) is 3. The van der Waals surface area contributed by atoms with E-state index in [-0.39, 0.29) is 0 Å². The van der Waals surface area contributed by atoms with Crippen molar-refractivity contribution in [2.75, 3.05) is 6.54 Å². The summed E-state index contributed by atoms with van der Waals surface area (Å²) in [4.78, 5) is 0. The van der Waals surface area contributed by atoms with Crippen molar-refractivity contribution in [1.82, 2.24) is 10.5 Å². The summed E-state index contributed by atoms with van der Waals surface area (Å²) in [5, 5.41) is 7.45. The molecule has 0 aromatic carbocycles. The average Bonchev–Trinajstić information content (AvgIpc) is 2.86. The lowest BCUT2D eigenvalue weighted by atomic mass is 10.1. The predicted octanol–water partition coefficient (Wildman–Crippen LogP) is 1.20. The number of hydrogen-bond donors (Lipinski definition) is 1. The standard InChI is InChI=1S/C9H12N2O/c1-2-6(1)9-7-5-10-4-3-8(7)11-12-9/h6,10H,1-5H2. The number of rotatable bonds is 1. The maximum atomic E-state index is 5.35. The van der Waals surface area contributed by atoms with Gasteiger partial charge in [0.15, 0.2) is 0 Å². The Morgan fingerprint density at radius 1 is 1.42 bits per heavy atom. The summed E-state index contributed by atoms with van der Waals surface area (Å²) >= 11 is 0. The molecule has 0 saturated heterocycles. The van der Waals surface area contributed by atoms with Crippen molar-refractivity contribution < 1.29 is 4.52 Å². The third-order valence-electron chi connectivity index (χ3n) is 2.69. The number of fused-ring (bicyclic) bond motifs is 1. The van der Waals surface area contributed by atoms with Crippen LogP contribution in [0.2, 0.25) is 0 Å². The van der Waals surface area contributed by atoms with Crippen LogP contribution in [-0.2, 0) is 13.0 Å². The highest BCUT2D eigenvalue weighted by Gasteiger charge is 2.32. The van der Waals surface area contributed by atoms with Gasteiger partial charge in [-0.2, -0.15) is 0 Å². The molecule has 2 heterocycles. The Morgan fingerprint density at radius 3 is 3.17 bits per heavy atom. The summed E-state index contributed by atoms with van der Waals surface area (Å²) < 4.78 is 5.35. The number of aromatic nitrogens is 1. The van der Waals surface area contributed by atoms with Crippen LogP contribution in [0.15, 0.2) is 4.52 Å². The Hall–Kier alpha value is -0.830. The summed E-state index contributed by atoms with van der Waals surface area (Å²) in [5.74, 6) is 1.86. The molecular weight excluding hydrogens is 152 g/mol. The van der Waals surface area contributed by atoms with E-state index in [1.54, 1.807) is 0 Å². The Balaban J connectivity index is 2.03. The Bertz CT molecular complexity index is 301. The largest absolute Gasteiger partial charge is 0.360 e. The van der Waals surface area contributed by atoms with Gasteiger partial charge in [-0.15, -0.1) is 0 Å². The fraction of sp³-hybridized carbons (Fsp3) is 0.667. The molecule has 1 aromatic heterocycles. The molecule has 1 aliphatic carbocycles. The van der Waals surface area contributed by atoms with Gasteiger partial charge in [-0.05, 0) is 12.8 Å². The van der Waals surface area contributed by atoms with Crippen LogP contribution in [0.3, 0.4) is 0 Å². The molecule has 64 valence electrons. The van der Waals surface area contributed by atoms with Crippen LogP contribution in [-0.4, -0.2) is 11.7 Å². The van der Waals surface area contributed by atoms with Gasteiger partial charge in [0.25, 0.3) is 0 Å². The Labute approximate surface area is 71.1 Å². The molecule has 12 heavy (non-hydrogen) atoms. The van der Waals surface area contributed by atoms with E-state index in [1.165, 1.54) is 24.1 Å². The van der Waals surface area contributed by atoms with Crippen molar-refractivity contribution in [1.29, 1.82) is 0 Å². The van der Waals surface area contributed by atoms with Gasteiger partial charge >= 0.3 is 0 Å². The van der Waals surface area contributed by atoms with Crippen LogP contribution in [0, 0.1) is 0 Å². The summed E-state index contributed by atoms with van der Waals surface area (Å²) in [6, 6.07) is 0. The zero-order chi connectivity index (χ0) is 7.97. The first-order chi connectivity index (χ1) is 5.95. The molecule has 1 fully saturated rings. The molecule has 1 saturated carbocycles. The topological polar surface area (TPSA) is 38.1 Å². The first kappa shape index (κ1) is 6.66. The third-order valence-corrected chi connectivity index (χ3v) is 2.69. The van der Waals surface area contributed by atoms with E-state index in [0.717, 1.165) is 25.3 Å². The maximum absolute atomic E-state index is 5.35. The quantitative estimate of drug-likeness (QED) is 0.677. The van der Waals surface area contributed by atoms with Gasteiger partial charge in [0, 0.05) is 31.0 Å². The van der Waals surface area contributed by atoms with E-state index < -0.39 is 0 Å². The van der Waals surface area contributed by atoms with Gasteiger partial charge in [0.2, 0.25) is 0 Å². The van der Waals surface area contributed by atoms with Crippen LogP contribution in [0.5, 0.6) is 0 Å². The number of nitrogens with one attached hydrogen (secondary N) is 1. The van der Waals surface area contributed by atoms with E-state index in [9.17, 15) is 0 Å². The maximum Gasteiger partial charge on any atom is 0.144 e. The lowest BCUT2D eigenvalue weighted by Gasteiger charge is -2.10. The average molecular weight is 164 g/mol. The second-order valence-electron chi connectivity index (χ2n) is 3.67. The van der Waals surface area contributed by atoms with Crippen molar-refractivity contribution >= 4 is 0 Å². The van der Waals surface area contributed by atoms with Crippen LogP contribution in [0.1, 0.15) is 35.8 Å². The fourth-order valence-corrected chi connectivity index (χ4v) is 1.83.